The molecule has 0 aromatic heterocycles. The van der Waals surface area contributed by atoms with Crippen LogP contribution in [0.1, 0.15) is 24.3 Å². The summed E-state index contributed by atoms with van der Waals surface area (Å²) in [4.78, 5) is 14.0. The van der Waals surface area contributed by atoms with Crippen molar-refractivity contribution in [2.75, 3.05) is 39.7 Å². The van der Waals surface area contributed by atoms with E-state index in [-0.39, 0.29) is 11.3 Å². The molecule has 5 nitrogen and oxygen atoms in total. The van der Waals surface area contributed by atoms with E-state index in [9.17, 15) is 4.79 Å². The van der Waals surface area contributed by atoms with Crippen molar-refractivity contribution in [2.45, 2.75) is 18.7 Å². The van der Waals surface area contributed by atoms with E-state index < -0.39 is 0 Å². The van der Waals surface area contributed by atoms with Gasteiger partial charge in [-0.15, -0.1) is 11.8 Å². The zero-order valence-corrected chi connectivity index (χ0v) is 14.1. The molecule has 1 aliphatic rings. The predicted molar refractivity (Wildman–Crippen MR) is 87.6 cm³/mol. The molecular weight excluding hydrogens is 302 g/mol. The molecule has 1 heterocycles. The maximum Gasteiger partial charge on any atom is 0.233 e. The minimum Gasteiger partial charge on any atom is -0.493 e. The first-order valence-electron chi connectivity index (χ1n) is 7.42. The summed E-state index contributed by atoms with van der Waals surface area (Å²) in [5.41, 5.74) is 1.06. The Hall–Kier alpha value is -1.40. The number of ether oxygens (including phenoxy) is 3. The van der Waals surface area contributed by atoms with Gasteiger partial charge < -0.3 is 19.1 Å². The van der Waals surface area contributed by atoms with Gasteiger partial charge in [0.1, 0.15) is 5.37 Å². The van der Waals surface area contributed by atoms with E-state index >= 15 is 0 Å². The van der Waals surface area contributed by atoms with E-state index in [1.54, 1.807) is 26.0 Å². The smallest absolute Gasteiger partial charge is 0.233 e. The van der Waals surface area contributed by atoms with E-state index in [4.69, 9.17) is 14.2 Å². The van der Waals surface area contributed by atoms with Gasteiger partial charge in [-0.3, -0.25) is 4.79 Å². The average Bonchev–Trinajstić information content (AvgIpc) is 2.92. The molecule has 1 aromatic rings. The Morgan fingerprint density at radius 1 is 1.27 bits per heavy atom. The molecule has 0 aliphatic carbocycles. The molecule has 1 atom stereocenters. The Balaban J connectivity index is 2.10. The molecule has 1 aliphatic heterocycles. The van der Waals surface area contributed by atoms with Gasteiger partial charge in [-0.05, 0) is 31.0 Å². The molecule has 6 heteroatoms. The van der Waals surface area contributed by atoms with Crippen LogP contribution in [0.4, 0.5) is 0 Å². The number of amides is 1. The monoisotopic (exact) mass is 325 g/mol. The lowest BCUT2D eigenvalue weighted by Gasteiger charge is -2.24. The molecule has 1 unspecified atom stereocenters. The van der Waals surface area contributed by atoms with Crippen LogP contribution in [0.2, 0.25) is 0 Å². The lowest BCUT2D eigenvalue weighted by Crippen LogP contribution is -2.29. The first-order chi connectivity index (χ1) is 10.7. The first kappa shape index (κ1) is 17.0. The molecular formula is C16H23NO4S. The molecule has 122 valence electrons. The van der Waals surface area contributed by atoms with Crippen molar-refractivity contribution in [3.8, 4) is 11.5 Å². The zero-order valence-electron chi connectivity index (χ0n) is 13.3. The molecule has 1 aromatic carbocycles. The predicted octanol–water partition coefficient (Wildman–Crippen LogP) is 2.70. The summed E-state index contributed by atoms with van der Waals surface area (Å²) < 4.78 is 16.0. The number of hydrogen-bond donors (Lipinski definition) is 0. The molecule has 1 fully saturated rings. The highest BCUT2D eigenvalue weighted by Gasteiger charge is 2.32. The first-order valence-corrected chi connectivity index (χ1v) is 8.46. The van der Waals surface area contributed by atoms with Gasteiger partial charge in [-0.2, -0.15) is 0 Å². The minimum atomic E-state index is 0.0360. The van der Waals surface area contributed by atoms with E-state index in [0.29, 0.717) is 37.0 Å². The summed E-state index contributed by atoms with van der Waals surface area (Å²) in [7, 11) is 3.24. The fraction of sp³-hybridized carbons (Fsp3) is 0.562. The van der Waals surface area contributed by atoms with E-state index in [0.717, 1.165) is 12.0 Å². The van der Waals surface area contributed by atoms with Crippen LogP contribution < -0.4 is 9.47 Å². The number of carbonyl (C=O) groups excluding carboxylic acids is 1. The van der Waals surface area contributed by atoms with Gasteiger partial charge in [-0.1, -0.05) is 6.07 Å². The minimum absolute atomic E-state index is 0.0360. The lowest BCUT2D eigenvalue weighted by atomic mass is 10.1. The van der Waals surface area contributed by atoms with Crippen molar-refractivity contribution in [3.05, 3.63) is 23.8 Å². The highest BCUT2D eigenvalue weighted by Crippen LogP contribution is 2.41. The standard InChI is InChI=1S/C16H23NO4S/c1-4-21-9-5-8-17-15(18)11-22-16(17)12-6-7-13(19-2)14(10-12)20-3/h6-7,10,16H,4-5,8-9,11H2,1-3H3. The third-order valence-corrected chi connectivity index (χ3v) is 4.81. The summed E-state index contributed by atoms with van der Waals surface area (Å²) in [6.07, 6.45) is 0.851. The van der Waals surface area contributed by atoms with Crippen LogP contribution in [0.25, 0.3) is 0 Å². The van der Waals surface area contributed by atoms with E-state index in [2.05, 4.69) is 0 Å². The van der Waals surface area contributed by atoms with E-state index in [1.165, 1.54) is 0 Å². The van der Waals surface area contributed by atoms with Gasteiger partial charge in [-0.25, -0.2) is 0 Å². The van der Waals surface area contributed by atoms with Crippen LogP contribution >= 0.6 is 11.8 Å². The number of carbonyl (C=O) groups is 1. The van der Waals surface area contributed by atoms with Gasteiger partial charge in [0.2, 0.25) is 5.91 Å². The van der Waals surface area contributed by atoms with Gasteiger partial charge in [0.25, 0.3) is 0 Å². The van der Waals surface area contributed by atoms with E-state index in [1.807, 2.05) is 30.0 Å². The number of thioether (sulfide) groups is 1. The Bertz CT molecular complexity index is 509. The number of hydrogen-bond acceptors (Lipinski definition) is 5. The Morgan fingerprint density at radius 3 is 2.73 bits per heavy atom. The fourth-order valence-corrected chi connectivity index (χ4v) is 3.67. The molecule has 0 N–H and O–H groups in total. The molecule has 0 radical (unpaired) electrons. The van der Waals surface area contributed by atoms with Crippen LogP contribution in [0, 0.1) is 0 Å². The molecule has 1 amide bonds. The average molecular weight is 325 g/mol. The molecule has 0 bridgehead atoms. The Morgan fingerprint density at radius 2 is 2.05 bits per heavy atom. The normalized spacial score (nSPS) is 17.9. The highest BCUT2D eigenvalue weighted by molar-refractivity contribution is 8.00. The van der Waals surface area contributed by atoms with Crippen molar-refractivity contribution < 1.29 is 19.0 Å². The van der Waals surface area contributed by atoms with Crippen LogP contribution in [0.5, 0.6) is 11.5 Å². The van der Waals surface area contributed by atoms with Crippen LogP contribution in [0.15, 0.2) is 18.2 Å². The molecule has 0 saturated carbocycles. The maximum atomic E-state index is 12.1. The van der Waals surface area contributed by atoms with Crippen molar-refractivity contribution in [1.29, 1.82) is 0 Å². The van der Waals surface area contributed by atoms with Gasteiger partial charge in [0.05, 0.1) is 20.0 Å². The topological polar surface area (TPSA) is 48.0 Å². The third-order valence-electron chi connectivity index (χ3n) is 3.55. The Kier molecular flexibility index (Phi) is 6.39. The molecule has 0 spiro atoms. The SMILES string of the molecule is CCOCCCN1C(=O)CSC1c1ccc(OC)c(OC)c1. The lowest BCUT2D eigenvalue weighted by molar-refractivity contribution is -0.128. The van der Waals surface area contributed by atoms with Gasteiger partial charge >= 0.3 is 0 Å². The van der Waals surface area contributed by atoms with Crippen molar-refractivity contribution in [1.82, 2.24) is 4.90 Å². The number of nitrogens with zero attached hydrogens (tertiary/aromatic N) is 1. The van der Waals surface area contributed by atoms with Gasteiger partial charge in [0, 0.05) is 19.8 Å². The number of benzene rings is 1. The van der Waals surface area contributed by atoms with Crippen LogP contribution in [-0.2, 0) is 9.53 Å². The zero-order chi connectivity index (χ0) is 15.9. The molecule has 1 saturated heterocycles. The van der Waals surface area contributed by atoms with Crippen LogP contribution in [0.3, 0.4) is 0 Å². The largest absolute Gasteiger partial charge is 0.493 e. The van der Waals surface area contributed by atoms with Crippen LogP contribution in [-0.4, -0.2) is 50.5 Å². The second kappa shape index (κ2) is 8.29. The number of methoxy groups -OCH3 is 2. The summed E-state index contributed by atoms with van der Waals surface area (Å²) in [5.74, 6) is 2.09. The second-order valence-electron chi connectivity index (χ2n) is 4.92. The third kappa shape index (κ3) is 3.87. The van der Waals surface area contributed by atoms with Crippen molar-refractivity contribution in [3.63, 3.8) is 0 Å². The quantitative estimate of drug-likeness (QED) is 0.688. The molecule has 2 rings (SSSR count). The molecule has 22 heavy (non-hydrogen) atoms. The highest BCUT2D eigenvalue weighted by atomic mass is 32.2. The summed E-state index contributed by atoms with van der Waals surface area (Å²) in [6.45, 7) is 4.08. The van der Waals surface area contributed by atoms with Crippen molar-refractivity contribution in [2.24, 2.45) is 0 Å². The summed E-state index contributed by atoms with van der Waals surface area (Å²) in [5, 5.41) is 0.0360. The maximum absolute atomic E-state index is 12.1. The second-order valence-corrected chi connectivity index (χ2v) is 5.98. The number of rotatable bonds is 8. The Labute approximate surface area is 135 Å². The summed E-state index contributed by atoms with van der Waals surface area (Å²) in [6, 6.07) is 5.83. The fourth-order valence-electron chi connectivity index (χ4n) is 2.46. The summed E-state index contributed by atoms with van der Waals surface area (Å²) >= 11 is 1.65. The van der Waals surface area contributed by atoms with Gasteiger partial charge in [0.15, 0.2) is 11.5 Å². The van der Waals surface area contributed by atoms with Crippen molar-refractivity contribution >= 4 is 17.7 Å².